The zero-order valence-electron chi connectivity index (χ0n) is 22.1. The normalized spacial score (nSPS) is 16.6. The highest BCUT2D eigenvalue weighted by Gasteiger charge is 2.51. The second-order valence-corrected chi connectivity index (χ2v) is 11.2. The first kappa shape index (κ1) is 23.3. The van der Waals surface area contributed by atoms with Gasteiger partial charge in [-0.15, -0.1) is 0 Å². The van der Waals surface area contributed by atoms with Gasteiger partial charge in [-0.25, -0.2) is 0 Å². The summed E-state index contributed by atoms with van der Waals surface area (Å²) < 4.78 is 19.1. The third kappa shape index (κ3) is 3.59. The lowest BCUT2D eigenvalue weighted by Crippen LogP contribution is -2.41. The second-order valence-electron chi connectivity index (χ2n) is 11.2. The summed E-state index contributed by atoms with van der Waals surface area (Å²) in [6, 6.07) is 36.3. The van der Waals surface area contributed by atoms with Crippen LogP contribution < -0.4 is 5.46 Å². The minimum Gasteiger partial charge on any atom is -0.456 e. The van der Waals surface area contributed by atoms with Crippen LogP contribution in [0.2, 0.25) is 0 Å². The van der Waals surface area contributed by atoms with Gasteiger partial charge in [-0.2, -0.15) is 0 Å². The van der Waals surface area contributed by atoms with Crippen molar-refractivity contribution < 1.29 is 13.7 Å². The van der Waals surface area contributed by atoms with Crippen LogP contribution in [0.1, 0.15) is 27.7 Å². The van der Waals surface area contributed by atoms with E-state index in [-0.39, 0.29) is 11.2 Å². The molecule has 0 saturated carbocycles. The molecule has 0 N–H and O–H groups in total. The molecule has 0 radical (unpaired) electrons. The summed E-state index contributed by atoms with van der Waals surface area (Å²) in [7, 11) is -0.414. The molecule has 3 nitrogen and oxygen atoms in total. The Morgan fingerprint density at radius 3 is 1.84 bits per heavy atom. The molecule has 0 aliphatic carbocycles. The van der Waals surface area contributed by atoms with E-state index in [1.807, 2.05) is 12.1 Å². The zero-order chi connectivity index (χ0) is 26.1. The molecule has 0 unspecified atom stereocenters. The molecule has 0 amide bonds. The summed E-state index contributed by atoms with van der Waals surface area (Å²) in [6.45, 7) is 8.33. The summed E-state index contributed by atoms with van der Waals surface area (Å²) in [6.07, 6.45) is 0. The average molecular weight is 496 g/mol. The summed E-state index contributed by atoms with van der Waals surface area (Å²) >= 11 is 0. The van der Waals surface area contributed by atoms with E-state index in [1.54, 1.807) is 0 Å². The molecular weight excluding hydrogens is 467 g/mol. The Hall–Kier alpha value is -3.86. The minimum atomic E-state index is -0.414. The molecule has 0 bridgehead atoms. The van der Waals surface area contributed by atoms with Crippen LogP contribution in [0.25, 0.3) is 55.0 Å². The lowest BCUT2D eigenvalue weighted by molar-refractivity contribution is 0.00578. The smallest absolute Gasteiger partial charge is 0.456 e. The molecule has 1 aromatic heterocycles. The fourth-order valence-electron chi connectivity index (χ4n) is 5.50. The molecule has 0 atom stereocenters. The number of hydrogen-bond acceptors (Lipinski definition) is 3. The van der Waals surface area contributed by atoms with Crippen molar-refractivity contribution in [3.05, 3.63) is 103 Å². The van der Waals surface area contributed by atoms with E-state index >= 15 is 0 Å². The number of benzene rings is 5. The van der Waals surface area contributed by atoms with E-state index in [4.69, 9.17) is 13.7 Å². The zero-order valence-corrected chi connectivity index (χ0v) is 22.1. The van der Waals surface area contributed by atoms with Crippen LogP contribution in [-0.4, -0.2) is 18.3 Å². The maximum absolute atomic E-state index is 6.43. The summed E-state index contributed by atoms with van der Waals surface area (Å²) in [5.74, 6) is 0. The Morgan fingerprint density at radius 2 is 1.13 bits per heavy atom. The van der Waals surface area contributed by atoms with Crippen LogP contribution in [-0.2, 0) is 9.31 Å². The van der Waals surface area contributed by atoms with Crippen molar-refractivity contribution in [2.24, 2.45) is 0 Å². The molecular formula is C34H29BO3. The van der Waals surface area contributed by atoms with E-state index in [0.29, 0.717) is 0 Å². The Bertz CT molecular complexity index is 1800. The summed E-state index contributed by atoms with van der Waals surface area (Å²) in [5, 5.41) is 4.58. The van der Waals surface area contributed by atoms with Gasteiger partial charge in [-0.3, -0.25) is 0 Å². The Labute approximate surface area is 223 Å². The van der Waals surface area contributed by atoms with E-state index in [2.05, 4.69) is 119 Å². The van der Waals surface area contributed by atoms with Crippen molar-refractivity contribution in [3.8, 4) is 22.3 Å². The summed E-state index contributed by atoms with van der Waals surface area (Å²) in [5.41, 5.74) is 6.73. The first-order chi connectivity index (χ1) is 18.3. The molecule has 0 spiro atoms. The van der Waals surface area contributed by atoms with Gasteiger partial charge in [-0.1, -0.05) is 91.0 Å². The second kappa shape index (κ2) is 8.32. The maximum Gasteiger partial charge on any atom is 0.494 e. The van der Waals surface area contributed by atoms with Gasteiger partial charge in [0.15, 0.2) is 0 Å². The molecule has 1 aliphatic rings. The molecule has 5 aromatic carbocycles. The molecule has 38 heavy (non-hydrogen) atoms. The van der Waals surface area contributed by atoms with Crippen molar-refractivity contribution in [3.63, 3.8) is 0 Å². The van der Waals surface area contributed by atoms with E-state index < -0.39 is 7.12 Å². The average Bonchev–Trinajstić information content (AvgIpc) is 3.41. The van der Waals surface area contributed by atoms with Gasteiger partial charge >= 0.3 is 7.12 Å². The van der Waals surface area contributed by atoms with Gasteiger partial charge in [0.05, 0.1) is 11.2 Å². The lowest BCUT2D eigenvalue weighted by atomic mass is 9.78. The highest BCUT2D eigenvalue weighted by molar-refractivity contribution is 6.62. The van der Waals surface area contributed by atoms with Crippen molar-refractivity contribution >= 4 is 45.3 Å². The Kier molecular flexibility index (Phi) is 5.10. The van der Waals surface area contributed by atoms with Crippen LogP contribution in [0, 0.1) is 0 Å². The van der Waals surface area contributed by atoms with Gasteiger partial charge < -0.3 is 13.7 Å². The highest BCUT2D eigenvalue weighted by atomic mass is 16.7. The molecule has 1 aliphatic heterocycles. The first-order valence-corrected chi connectivity index (χ1v) is 13.2. The van der Waals surface area contributed by atoms with Gasteiger partial charge in [0.25, 0.3) is 0 Å². The molecule has 4 heteroatoms. The van der Waals surface area contributed by atoms with E-state index in [1.165, 1.54) is 27.5 Å². The SMILES string of the molecule is CC1(C)OB(c2ccc3oc4cc(-c5ccc(-c6ccccc6)cc5)c5ccccc5c4c3c2)OC1(C)C. The standard InChI is InChI=1S/C34H29BO3/c1-33(2)34(3,4)38-35(37-33)25-18-19-30-29(20-25)32-27-13-9-8-12-26(27)28(21-31(32)36-30)24-16-14-23(15-17-24)22-10-6-5-7-11-22/h5-21H,1-4H3. The van der Waals surface area contributed by atoms with Gasteiger partial charge in [0.2, 0.25) is 0 Å². The molecule has 186 valence electrons. The quantitative estimate of drug-likeness (QED) is 0.231. The number of furan rings is 1. The van der Waals surface area contributed by atoms with Crippen LogP contribution in [0.3, 0.4) is 0 Å². The third-order valence-electron chi connectivity index (χ3n) is 8.33. The predicted octanol–water partition coefficient (Wildman–Crippen LogP) is 8.37. The van der Waals surface area contributed by atoms with Gasteiger partial charge in [-0.05, 0) is 78.3 Å². The molecule has 6 aromatic rings. The van der Waals surface area contributed by atoms with Crippen molar-refractivity contribution in [2.45, 2.75) is 38.9 Å². The predicted molar refractivity (Wildman–Crippen MR) is 158 cm³/mol. The Balaban J connectivity index is 1.37. The number of hydrogen-bond donors (Lipinski definition) is 0. The topological polar surface area (TPSA) is 31.6 Å². The van der Waals surface area contributed by atoms with Crippen molar-refractivity contribution in [1.29, 1.82) is 0 Å². The van der Waals surface area contributed by atoms with Crippen LogP contribution in [0.5, 0.6) is 0 Å². The first-order valence-electron chi connectivity index (χ1n) is 13.2. The summed E-state index contributed by atoms with van der Waals surface area (Å²) in [4.78, 5) is 0. The van der Waals surface area contributed by atoms with Gasteiger partial charge in [0, 0.05) is 10.8 Å². The monoisotopic (exact) mass is 496 g/mol. The van der Waals surface area contributed by atoms with Crippen LogP contribution >= 0.6 is 0 Å². The molecule has 1 fully saturated rings. The third-order valence-corrected chi connectivity index (χ3v) is 8.33. The highest BCUT2D eigenvalue weighted by Crippen LogP contribution is 2.41. The fraction of sp³-hybridized carbons (Fsp3) is 0.176. The maximum atomic E-state index is 6.43. The van der Waals surface area contributed by atoms with Crippen LogP contribution in [0.15, 0.2) is 108 Å². The lowest BCUT2D eigenvalue weighted by Gasteiger charge is -2.32. The number of fused-ring (bicyclic) bond motifs is 5. The number of rotatable bonds is 3. The molecule has 7 rings (SSSR count). The largest absolute Gasteiger partial charge is 0.494 e. The minimum absolute atomic E-state index is 0.386. The van der Waals surface area contributed by atoms with E-state index in [0.717, 1.165) is 33.0 Å². The van der Waals surface area contributed by atoms with Gasteiger partial charge in [0.1, 0.15) is 11.2 Å². The fourth-order valence-corrected chi connectivity index (χ4v) is 5.50. The Morgan fingerprint density at radius 1 is 0.526 bits per heavy atom. The molecule has 1 saturated heterocycles. The van der Waals surface area contributed by atoms with E-state index in [9.17, 15) is 0 Å². The van der Waals surface area contributed by atoms with Crippen LogP contribution in [0.4, 0.5) is 0 Å². The molecule has 2 heterocycles. The van der Waals surface area contributed by atoms with Crippen molar-refractivity contribution in [1.82, 2.24) is 0 Å². The van der Waals surface area contributed by atoms with Crippen molar-refractivity contribution in [2.75, 3.05) is 0 Å².